The molecule has 2 aliphatic rings. The first-order valence-corrected chi connectivity index (χ1v) is 13.3. The Morgan fingerprint density at radius 1 is 1.37 bits per heavy atom. The molecule has 13 nitrogen and oxygen atoms in total. The summed E-state index contributed by atoms with van der Waals surface area (Å²) in [5, 5.41) is 23.5. The summed E-state index contributed by atoms with van der Waals surface area (Å²) in [6.07, 6.45) is 3.65. The normalized spacial score (nSPS) is 30.7. The number of aliphatic hydroxyl groups is 2. The van der Waals surface area contributed by atoms with E-state index < -0.39 is 56.1 Å². The van der Waals surface area contributed by atoms with Crippen molar-refractivity contribution >= 4 is 19.5 Å². The molecule has 0 spiro atoms. The number of hydrogen-bond donors (Lipinski definition) is 5. The van der Waals surface area contributed by atoms with E-state index in [4.69, 9.17) is 19.7 Å². The Labute approximate surface area is 203 Å². The predicted molar refractivity (Wildman–Crippen MR) is 124 cm³/mol. The van der Waals surface area contributed by atoms with E-state index in [2.05, 4.69) is 10.1 Å². The van der Waals surface area contributed by atoms with E-state index in [-0.39, 0.29) is 11.9 Å². The average Bonchev–Trinajstić information content (AvgIpc) is 2.97. The highest BCUT2D eigenvalue weighted by atomic mass is 31.2. The van der Waals surface area contributed by atoms with Crippen molar-refractivity contribution in [2.45, 2.75) is 95.0 Å². The van der Waals surface area contributed by atoms with Gasteiger partial charge in [0, 0.05) is 6.20 Å². The van der Waals surface area contributed by atoms with Crippen LogP contribution < -0.4 is 16.5 Å². The number of nitrogens with one attached hydrogen (secondary N) is 1. The largest absolute Gasteiger partial charge is 0.461 e. The fourth-order valence-corrected chi connectivity index (χ4v) is 5.31. The number of esters is 1. The summed E-state index contributed by atoms with van der Waals surface area (Å²) < 4.78 is 29.6. The van der Waals surface area contributed by atoms with Crippen molar-refractivity contribution in [3.63, 3.8) is 0 Å². The van der Waals surface area contributed by atoms with Crippen molar-refractivity contribution in [3.8, 4) is 0 Å². The zero-order chi connectivity index (χ0) is 25.8. The highest BCUT2D eigenvalue weighted by molar-refractivity contribution is 7.50. The highest BCUT2D eigenvalue weighted by Crippen LogP contribution is 2.42. The minimum absolute atomic E-state index is 0.0289. The number of nitrogen functional groups attached to an aromatic ring is 1. The number of aromatic nitrogens is 2. The standard InChI is InChI=1S/C21H35N4O9P/c1-13(18(27)33-14-8-6-4-3-5-7-9-14)24-35(30,31)32-12-15-17(26)21(2,29)19(34-15)25-11-10-16(22)23-20(25)28/h10-11,13-15,17,19,26,29H,3-9,12H2,1-2H3,(H2,22,23,28)(H2,24,30,31)/t13-,15+,17+,19+,21+/m0/s1. The van der Waals surface area contributed by atoms with Gasteiger partial charge in [-0.2, -0.15) is 4.98 Å². The second-order valence-corrected chi connectivity index (χ2v) is 10.9. The molecule has 0 radical (unpaired) electrons. The lowest BCUT2D eigenvalue weighted by Gasteiger charge is -2.27. The van der Waals surface area contributed by atoms with E-state index in [1.54, 1.807) is 0 Å². The molecule has 2 fully saturated rings. The van der Waals surface area contributed by atoms with Gasteiger partial charge in [-0.3, -0.25) is 13.9 Å². The van der Waals surface area contributed by atoms with E-state index >= 15 is 0 Å². The van der Waals surface area contributed by atoms with Crippen LogP contribution in [0.15, 0.2) is 17.1 Å². The van der Waals surface area contributed by atoms with Crippen molar-refractivity contribution in [2.75, 3.05) is 12.3 Å². The molecule has 2 heterocycles. The van der Waals surface area contributed by atoms with Crippen molar-refractivity contribution in [2.24, 2.45) is 0 Å². The molecule has 1 aromatic heterocycles. The van der Waals surface area contributed by atoms with Crippen LogP contribution in [0.2, 0.25) is 0 Å². The Bertz CT molecular complexity index is 980. The van der Waals surface area contributed by atoms with Gasteiger partial charge in [0.25, 0.3) is 0 Å². The molecule has 0 amide bonds. The zero-order valence-corrected chi connectivity index (χ0v) is 20.8. The molecular weight excluding hydrogens is 483 g/mol. The van der Waals surface area contributed by atoms with Gasteiger partial charge in [0.15, 0.2) is 6.23 Å². The highest BCUT2D eigenvalue weighted by Gasteiger charge is 2.54. The number of ether oxygens (including phenoxy) is 2. The fourth-order valence-electron chi connectivity index (χ4n) is 4.29. The summed E-state index contributed by atoms with van der Waals surface area (Å²) in [6, 6.07) is 0.195. The maximum absolute atomic E-state index is 12.5. The first-order chi connectivity index (χ1) is 16.4. The number of carbonyl (C=O) groups excluding carboxylic acids is 1. The van der Waals surface area contributed by atoms with E-state index in [1.807, 2.05) is 0 Å². The van der Waals surface area contributed by atoms with Crippen LogP contribution in [-0.2, 0) is 23.4 Å². The lowest BCUT2D eigenvalue weighted by Crippen LogP contribution is -2.46. The van der Waals surface area contributed by atoms with Gasteiger partial charge in [-0.05, 0) is 45.6 Å². The Morgan fingerprint density at radius 3 is 2.63 bits per heavy atom. The molecule has 14 heteroatoms. The molecule has 3 rings (SSSR count). The van der Waals surface area contributed by atoms with Gasteiger partial charge in [0.1, 0.15) is 35.8 Å². The number of hydrogen-bond acceptors (Lipinski definition) is 10. The van der Waals surface area contributed by atoms with Crippen LogP contribution in [0.5, 0.6) is 0 Å². The minimum atomic E-state index is -4.52. The van der Waals surface area contributed by atoms with Gasteiger partial charge >= 0.3 is 19.4 Å². The molecule has 35 heavy (non-hydrogen) atoms. The minimum Gasteiger partial charge on any atom is -0.461 e. The quantitative estimate of drug-likeness (QED) is 0.238. The van der Waals surface area contributed by atoms with Crippen LogP contribution in [-0.4, -0.2) is 67.2 Å². The molecule has 1 aliphatic heterocycles. The molecule has 6 N–H and O–H groups in total. The molecule has 1 unspecified atom stereocenters. The molecule has 1 aromatic rings. The van der Waals surface area contributed by atoms with Crippen molar-refractivity contribution in [1.82, 2.24) is 14.6 Å². The smallest absolute Gasteiger partial charge is 0.403 e. The number of nitrogens with zero attached hydrogens (tertiary/aromatic N) is 2. The molecule has 1 aliphatic carbocycles. The Hall–Kier alpha value is -1.86. The first kappa shape index (κ1) is 27.7. The van der Waals surface area contributed by atoms with Crippen molar-refractivity contribution in [3.05, 3.63) is 22.7 Å². The van der Waals surface area contributed by atoms with Crippen LogP contribution in [0, 0.1) is 0 Å². The molecule has 1 saturated carbocycles. The summed E-state index contributed by atoms with van der Waals surface area (Å²) in [7, 11) is -4.52. The topological polar surface area (TPSA) is 195 Å². The Morgan fingerprint density at radius 2 is 2.00 bits per heavy atom. The number of carbonyl (C=O) groups is 1. The van der Waals surface area contributed by atoms with Gasteiger partial charge in [0.05, 0.1) is 6.61 Å². The second-order valence-electron chi connectivity index (χ2n) is 9.31. The van der Waals surface area contributed by atoms with Gasteiger partial charge in [-0.25, -0.2) is 14.4 Å². The summed E-state index contributed by atoms with van der Waals surface area (Å²) >= 11 is 0. The Kier molecular flexibility index (Phi) is 9.08. The zero-order valence-electron chi connectivity index (χ0n) is 19.9. The van der Waals surface area contributed by atoms with E-state index in [1.165, 1.54) is 32.5 Å². The van der Waals surface area contributed by atoms with Crippen molar-refractivity contribution < 1.29 is 38.5 Å². The summed E-state index contributed by atoms with van der Waals surface area (Å²) in [5.74, 6) is -0.692. The number of aliphatic hydroxyl groups excluding tert-OH is 1. The van der Waals surface area contributed by atoms with E-state index in [0.717, 1.165) is 43.1 Å². The molecule has 198 valence electrons. The molecular formula is C21H35N4O9P. The maximum Gasteiger partial charge on any atom is 0.403 e. The molecule has 6 atom stereocenters. The first-order valence-electron chi connectivity index (χ1n) is 11.8. The lowest BCUT2D eigenvalue weighted by atomic mass is 9.96. The SMILES string of the molecule is C[C@H](NP(=O)(O)OC[C@H]1O[C@@H](n2ccc(N)nc2=O)[C@](C)(O)[C@@H]1O)C(=O)OC1CCCCCCC1. The predicted octanol–water partition coefficient (Wildman–Crippen LogP) is 0.586. The molecule has 0 aromatic carbocycles. The third-order valence-electron chi connectivity index (χ3n) is 6.32. The van der Waals surface area contributed by atoms with Gasteiger partial charge in [-0.1, -0.05) is 19.3 Å². The van der Waals surface area contributed by atoms with Crippen LogP contribution in [0.3, 0.4) is 0 Å². The number of nitrogens with two attached hydrogens (primary N) is 1. The third-order valence-corrected chi connectivity index (χ3v) is 7.53. The van der Waals surface area contributed by atoms with Gasteiger partial charge in [-0.15, -0.1) is 0 Å². The lowest BCUT2D eigenvalue weighted by molar-refractivity contribution is -0.151. The van der Waals surface area contributed by atoms with Crippen LogP contribution in [0.1, 0.15) is 65.0 Å². The van der Waals surface area contributed by atoms with E-state index in [0.29, 0.717) is 0 Å². The average molecular weight is 519 g/mol. The summed E-state index contributed by atoms with van der Waals surface area (Å²) in [4.78, 5) is 38.3. The summed E-state index contributed by atoms with van der Waals surface area (Å²) in [6.45, 7) is 2.02. The van der Waals surface area contributed by atoms with Gasteiger partial charge < -0.3 is 30.3 Å². The van der Waals surface area contributed by atoms with Crippen LogP contribution >= 0.6 is 7.75 Å². The Balaban J connectivity index is 1.56. The maximum atomic E-state index is 12.5. The second kappa shape index (κ2) is 11.5. The molecule has 0 bridgehead atoms. The number of rotatable bonds is 8. The van der Waals surface area contributed by atoms with Gasteiger partial charge in [0.2, 0.25) is 0 Å². The molecule has 1 saturated heterocycles. The third kappa shape index (κ3) is 7.10. The summed E-state index contributed by atoms with van der Waals surface area (Å²) in [5.41, 5.74) is 2.72. The monoisotopic (exact) mass is 518 g/mol. The van der Waals surface area contributed by atoms with Crippen molar-refractivity contribution in [1.29, 1.82) is 0 Å². The fraction of sp³-hybridized carbons (Fsp3) is 0.762. The van der Waals surface area contributed by atoms with E-state index in [9.17, 15) is 29.3 Å². The number of anilines is 1. The van der Waals surface area contributed by atoms with Crippen LogP contribution in [0.25, 0.3) is 0 Å². The van der Waals surface area contributed by atoms with Crippen LogP contribution in [0.4, 0.5) is 5.82 Å².